The van der Waals surface area contributed by atoms with Crippen LogP contribution in [0.5, 0.6) is 0 Å². The molecule has 3 heterocycles. The predicted molar refractivity (Wildman–Crippen MR) is 108 cm³/mol. The van der Waals surface area contributed by atoms with E-state index in [9.17, 15) is 22.2 Å². The molecule has 0 radical (unpaired) electrons. The number of fused-ring (bicyclic) bond motifs is 1. The number of alkyl halides is 3. The van der Waals surface area contributed by atoms with Crippen LogP contribution in [0, 0.1) is 0 Å². The van der Waals surface area contributed by atoms with Crippen LogP contribution in [0.15, 0.2) is 26.3 Å². The van der Waals surface area contributed by atoms with Crippen LogP contribution in [0.2, 0.25) is 0 Å². The van der Waals surface area contributed by atoms with E-state index in [1.807, 2.05) is 0 Å². The Morgan fingerprint density at radius 1 is 1.24 bits per heavy atom. The minimum absolute atomic E-state index is 0.00799. The second-order valence-corrected chi connectivity index (χ2v) is 8.70. The monoisotopic (exact) mass is 491 g/mol. The van der Waals surface area contributed by atoms with Gasteiger partial charge in [-0.1, -0.05) is 6.92 Å². The van der Waals surface area contributed by atoms with Gasteiger partial charge < -0.3 is 14.9 Å². The summed E-state index contributed by atoms with van der Waals surface area (Å²) in [6.45, 7) is 3.02. The second-order valence-electron chi connectivity index (χ2n) is 6.14. The van der Waals surface area contributed by atoms with Crippen molar-refractivity contribution in [3.05, 3.63) is 32.7 Å². The number of halogens is 4. The first-order chi connectivity index (χ1) is 13.5. The van der Waals surface area contributed by atoms with Crippen molar-refractivity contribution in [1.82, 2.24) is 19.1 Å². The van der Waals surface area contributed by atoms with Gasteiger partial charge in [-0.25, -0.2) is 9.97 Å². The summed E-state index contributed by atoms with van der Waals surface area (Å²) in [5, 5.41) is 0. The lowest BCUT2D eigenvalue weighted by molar-refractivity contribution is -0.144. The van der Waals surface area contributed by atoms with E-state index < -0.39 is 28.2 Å². The normalized spacial score (nSPS) is 13.2. The maximum absolute atomic E-state index is 13.4. The molecule has 0 bridgehead atoms. The molecule has 0 aliphatic rings. The highest BCUT2D eigenvalue weighted by Gasteiger charge is 2.36. The molecular formula is C17H17BrF3N5O2S. The Labute approximate surface area is 174 Å². The number of hydrogen-bond acceptors (Lipinski definition) is 5. The van der Waals surface area contributed by atoms with Crippen molar-refractivity contribution in [2.45, 2.75) is 31.5 Å². The first kappa shape index (κ1) is 21.5. The Hall–Kier alpha value is -2.21. The minimum Gasteiger partial charge on any atom is -0.383 e. The molecule has 7 nitrogen and oxygen atoms in total. The smallest absolute Gasteiger partial charge is 0.383 e. The van der Waals surface area contributed by atoms with Crippen molar-refractivity contribution in [1.29, 1.82) is 0 Å². The van der Waals surface area contributed by atoms with Gasteiger partial charge in [-0.2, -0.15) is 13.2 Å². The van der Waals surface area contributed by atoms with Gasteiger partial charge in [0.25, 0.3) is 5.56 Å². The SMILES string of the molecule is CCn1c(C(F)(F)F)cc2nc(-c3nc(N)c(Br)cc3S(=O)CC)n(C)c2c1=O. The van der Waals surface area contributed by atoms with E-state index in [4.69, 9.17) is 5.73 Å². The molecule has 29 heavy (non-hydrogen) atoms. The van der Waals surface area contributed by atoms with E-state index in [0.717, 1.165) is 6.07 Å². The van der Waals surface area contributed by atoms with Gasteiger partial charge in [-0.05, 0) is 35.0 Å². The fourth-order valence-electron chi connectivity index (χ4n) is 3.05. The Balaban J connectivity index is 2.41. The summed E-state index contributed by atoms with van der Waals surface area (Å²) in [7, 11) is 0.0525. The molecule has 0 aliphatic heterocycles. The summed E-state index contributed by atoms with van der Waals surface area (Å²) in [4.78, 5) is 21.6. The zero-order chi connectivity index (χ0) is 21.7. The van der Waals surface area contributed by atoms with Crippen molar-refractivity contribution >= 4 is 43.6 Å². The average Bonchev–Trinajstić information content (AvgIpc) is 2.98. The number of pyridine rings is 2. The molecule has 0 saturated heterocycles. The molecule has 156 valence electrons. The lowest BCUT2D eigenvalue weighted by Gasteiger charge is -2.14. The first-order valence-corrected chi connectivity index (χ1v) is 10.6. The second kappa shape index (κ2) is 7.56. The number of aryl methyl sites for hydroxylation is 1. The lowest BCUT2D eigenvalue weighted by Crippen LogP contribution is -2.28. The predicted octanol–water partition coefficient (Wildman–Crippen LogP) is 3.31. The third-order valence-corrected chi connectivity index (χ3v) is 6.39. The largest absolute Gasteiger partial charge is 0.431 e. The Morgan fingerprint density at radius 2 is 1.90 bits per heavy atom. The van der Waals surface area contributed by atoms with E-state index >= 15 is 0 Å². The molecule has 0 aliphatic carbocycles. The molecule has 0 saturated carbocycles. The molecule has 1 atom stereocenters. The molecule has 0 amide bonds. The molecular weight excluding hydrogens is 475 g/mol. The van der Waals surface area contributed by atoms with Crippen molar-refractivity contribution in [3.63, 3.8) is 0 Å². The van der Waals surface area contributed by atoms with Gasteiger partial charge >= 0.3 is 6.18 Å². The number of hydrogen-bond donors (Lipinski definition) is 1. The van der Waals surface area contributed by atoms with Crippen LogP contribution in [0.1, 0.15) is 19.5 Å². The number of nitrogen functional groups attached to an aromatic ring is 1. The van der Waals surface area contributed by atoms with Gasteiger partial charge in [-0.3, -0.25) is 9.00 Å². The molecule has 3 aromatic heterocycles. The zero-order valence-corrected chi connectivity index (χ0v) is 18.1. The van der Waals surface area contributed by atoms with Crippen LogP contribution in [-0.2, 0) is 30.6 Å². The summed E-state index contributed by atoms with van der Waals surface area (Å²) in [5.74, 6) is 0.497. The lowest BCUT2D eigenvalue weighted by atomic mass is 10.3. The highest BCUT2D eigenvalue weighted by Crippen LogP contribution is 2.33. The molecule has 12 heteroatoms. The zero-order valence-electron chi connectivity index (χ0n) is 15.7. The molecule has 3 aromatic rings. The van der Waals surface area contributed by atoms with Gasteiger partial charge in [0.2, 0.25) is 0 Å². The minimum atomic E-state index is -4.71. The Morgan fingerprint density at radius 3 is 2.45 bits per heavy atom. The van der Waals surface area contributed by atoms with Crippen LogP contribution >= 0.6 is 15.9 Å². The number of aromatic nitrogens is 4. The van der Waals surface area contributed by atoms with Gasteiger partial charge in [-0.15, -0.1) is 0 Å². The number of imidazole rings is 1. The average molecular weight is 492 g/mol. The maximum atomic E-state index is 13.4. The summed E-state index contributed by atoms with van der Waals surface area (Å²) in [6, 6.07) is 2.38. The third kappa shape index (κ3) is 3.59. The van der Waals surface area contributed by atoms with Crippen LogP contribution in [0.4, 0.5) is 19.0 Å². The highest BCUT2D eigenvalue weighted by atomic mass is 79.9. The molecule has 0 spiro atoms. The van der Waals surface area contributed by atoms with Crippen LogP contribution in [0.25, 0.3) is 22.6 Å². The van der Waals surface area contributed by atoms with Crippen LogP contribution in [-0.4, -0.2) is 29.1 Å². The van der Waals surface area contributed by atoms with Gasteiger partial charge in [0.05, 0.1) is 25.7 Å². The fourth-order valence-corrected chi connectivity index (χ4v) is 4.44. The van der Waals surface area contributed by atoms with Crippen LogP contribution in [0.3, 0.4) is 0 Å². The van der Waals surface area contributed by atoms with Crippen molar-refractivity contribution in [2.75, 3.05) is 11.5 Å². The maximum Gasteiger partial charge on any atom is 0.431 e. The number of nitrogens with zero attached hydrogens (tertiary/aromatic N) is 4. The van der Waals surface area contributed by atoms with Gasteiger partial charge in [0.15, 0.2) is 5.82 Å². The molecule has 0 aromatic carbocycles. The quantitative estimate of drug-likeness (QED) is 0.603. The van der Waals surface area contributed by atoms with Gasteiger partial charge in [0, 0.05) is 19.3 Å². The Kier molecular flexibility index (Phi) is 5.60. The third-order valence-electron chi connectivity index (χ3n) is 4.43. The summed E-state index contributed by atoms with van der Waals surface area (Å²) in [6.07, 6.45) is -4.71. The molecule has 2 N–H and O–H groups in total. The molecule has 0 fully saturated rings. The summed E-state index contributed by atoms with van der Waals surface area (Å²) < 4.78 is 55.2. The molecule has 1 unspecified atom stereocenters. The fraction of sp³-hybridized carbons (Fsp3) is 0.353. The first-order valence-electron chi connectivity index (χ1n) is 8.53. The standard InChI is InChI=1S/C17H17BrF3N5O2S/c1-4-26-11(17(19,20)21)7-9-13(16(26)27)25(3)15(23-9)12-10(29(28)5-2)6-8(18)14(22)24-12/h6-7H,4-5H2,1-3H3,(H2,22,24). The van der Waals surface area contributed by atoms with Gasteiger partial charge in [0.1, 0.15) is 22.7 Å². The number of rotatable bonds is 4. The Bertz CT molecular complexity index is 1200. The van der Waals surface area contributed by atoms with Crippen molar-refractivity contribution < 1.29 is 17.4 Å². The van der Waals surface area contributed by atoms with E-state index in [1.54, 1.807) is 13.0 Å². The highest BCUT2D eigenvalue weighted by molar-refractivity contribution is 9.10. The van der Waals surface area contributed by atoms with Crippen molar-refractivity contribution in [2.24, 2.45) is 7.05 Å². The van der Waals surface area contributed by atoms with E-state index in [-0.39, 0.29) is 40.7 Å². The van der Waals surface area contributed by atoms with E-state index in [0.29, 0.717) is 13.9 Å². The van der Waals surface area contributed by atoms with E-state index in [2.05, 4.69) is 25.9 Å². The number of nitrogens with two attached hydrogens (primary N) is 1. The van der Waals surface area contributed by atoms with E-state index in [1.165, 1.54) is 18.5 Å². The van der Waals surface area contributed by atoms with Crippen molar-refractivity contribution in [3.8, 4) is 11.5 Å². The summed E-state index contributed by atoms with van der Waals surface area (Å²) in [5.41, 5.74) is 3.98. The topological polar surface area (TPSA) is 95.8 Å². The molecule has 3 rings (SSSR count). The number of anilines is 1. The van der Waals surface area contributed by atoms with Crippen LogP contribution < -0.4 is 11.3 Å². The summed E-state index contributed by atoms with van der Waals surface area (Å²) >= 11 is 3.24.